The number of aryl methyl sites for hydroxylation is 2. The number of Topliss-reactive ketones (excluding diaryl/α,β-unsaturated/α-hetero) is 1. The number of aromatic nitrogens is 3. The first-order chi connectivity index (χ1) is 22.3. The molecule has 1 aliphatic rings. The average Bonchev–Trinajstić information content (AvgIpc) is 3.54. The van der Waals surface area contributed by atoms with Crippen LogP contribution in [-0.4, -0.2) is 58.1 Å². The molecule has 2 aromatic carbocycles. The van der Waals surface area contributed by atoms with E-state index in [1.54, 1.807) is 12.1 Å². The van der Waals surface area contributed by atoms with Gasteiger partial charge in [-0.15, -0.1) is 5.06 Å². The van der Waals surface area contributed by atoms with Gasteiger partial charge in [0.2, 0.25) is 0 Å². The van der Waals surface area contributed by atoms with Crippen molar-refractivity contribution in [3.63, 3.8) is 0 Å². The van der Waals surface area contributed by atoms with E-state index < -0.39 is 31.4 Å². The standard InChI is InChI=1S/C31H34N5O10P/c1-2-3-7-24-34-28-29(35(24)17-19-5-4-6-23(38)30(19)46-47(42,43)44)21-16-18(9-12-22(21)33-31(28)32)8-10-20(37)11-15-27(41)45-36-25(39)13-14-26(36)40/h4-6,9,12,16,38H,2-3,7-8,10-11,13-15,17H2,1H3,(H2,32,33)(H2,42,43,44). The lowest BCUT2D eigenvalue weighted by Crippen LogP contribution is -2.32. The summed E-state index contributed by atoms with van der Waals surface area (Å²) < 4.78 is 18.4. The number of phenolic OH excluding ortho intramolecular Hbond substituents is 1. The van der Waals surface area contributed by atoms with Crippen LogP contribution < -0.4 is 10.3 Å². The van der Waals surface area contributed by atoms with Gasteiger partial charge in [-0.25, -0.2) is 19.3 Å². The molecule has 16 heteroatoms. The van der Waals surface area contributed by atoms with Crippen LogP contribution in [0.1, 0.15) is 68.8 Å². The Morgan fingerprint density at radius 1 is 1.02 bits per heavy atom. The van der Waals surface area contributed by atoms with E-state index in [2.05, 4.69) is 4.98 Å². The minimum absolute atomic E-state index is 0.0199. The molecular weight excluding hydrogens is 633 g/mol. The number of imide groups is 1. The minimum Gasteiger partial charge on any atom is -0.504 e. The summed E-state index contributed by atoms with van der Waals surface area (Å²) in [5.74, 6) is -2.18. The van der Waals surface area contributed by atoms with Crippen molar-refractivity contribution in [1.82, 2.24) is 19.6 Å². The Balaban J connectivity index is 1.42. The lowest BCUT2D eigenvalue weighted by atomic mass is 10.0. The van der Waals surface area contributed by atoms with Crippen LogP contribution in [0.3, 0.4) is 0 Å². The molecular formula is C31H34N5O10P. The van der Waals surface area contributed by atoms with Gasteiger partial charge in [0, 0.05) is 43.1 Å². The molecule has 3 heterocycles. The van der Waals surface area contributed by atoms with Gasteiger partial charge in [0.05, 0.1) is 24.0 Å². The molecule has 0 bridgehead atoms. The molecule has 47 heavy (non-hydrogen) atoms. The van der Waals surface area contributed by atoms with E-state index in [9.17, 15) is 38.6 Å². The molecule has 2 amide bonds. The number of phosphoric ester groups is 1. The molecule has 248 valence electrons. The number of carbonyl (C=O) groups excluding carboxylic acids is 4. The number of nitrogens with zero attached hydrogens (tertiary/aromatic N) is 4. The van der Waals surface area contributed by atoms with Crippen molar-refractivity contribution in [3.8, 4) is 11.5 Å². The summed E-state index contributed by atoms with van der Waals surface area (Å²) in [5, 5.41) is 11.5. The summed E-state index contributed by atoms with van der Waals surface area (Å²) in [5.41, 5.74) is 9.05. The van der Waals surface area contributed by atoms with Crippen molar-refractivity contribution < 1.29 is 48.0 Å². The molecule has 15 nitrogen and oxygen atoms in total. The van der Waals surface area contributed by atoms with Gasteiger partial charge in [-0.2, -0.15) is 0 Å². The van der Waals surface area contributed by atoms with Crippen molar-refractivity contribution in [2.45, 2.75) is 71.3 Å². The summed E-state index contributed by atoms with van der Waals surface area (Å²) >= 11 is 0. The highest BCUT2D eigenvalue weighted by Gasteiger charge is 2.33. The van der Waals surface area contributed by atoms with Gasteiger partial charge >= 0.3 is 13.8 Å². The van der Waals surface area contributed by atoms with Gasteiger partial charge in [-0.05, 0) is 36.6 Å². The number of fused-ring (bicyclic) bond motifs is 3. The molecule has 0 unspecified atom stereocenters. The predicted octanol–water partition coefficient (Wildman–Crippen LogP) is 3.62. The lowest BCUT2D eigenvalue weighted by Gasteiger charge is -2.16. The van der Waals surface area contributed by atoms with E-state index in [-0.39, 0.29) is 56.0 Å². The summed E-state index contributed by atoms with van der Waals surface area (Å²) in [7, 11) is -5.00. The summed E-state index contributed by atoms with van der Waals surface area (Å²) in [6.07, 6.45) is 2.24. The Morgan fingerprint density at radius 2 is 1.77 bits per heavy atom. The minimum atomic E-state index is -5.00. The number of nitrogens with two attached hydrogens (primary N) is 1. The predicted molar refractivity (Wildman–Crippen MR) is 168 cm³/mol. The fourth-order valence-electron chi connectivity index (χ4n) is 5.40. The van der Waals surface area contributed by atoms with Gasteiger partial charge in [0.15, 0.2) is 17.3 Å². The second-order valence-corrected chi connectivity index (χ2v) is 12.4. The number of hydroxylamine groups is 2. The third kappa shape index (κ3) is 7.76. The number of hydrogen-bond acceptors (Lipinski definition) is 11. The van der Waals surface area contributed by atoms with Crippen LogP contribution in [0.15, 0.2) is 36.4 Å². The lowest BCUT2D eigenvalue weighted by molar-refractivity contribution is -0.197. The number of amides is 2. The maximum absolute atomic E-state index is 12.6. The number of pyridine rings is 1. The number of unbranched alkanes of at least 4 members (excludes halogenated alkanes) is 1. The number of carbonyl (C=O) groups is 4. The molecule has 0 atom stereocenters. The maximum Gasteiger partial charge on any atom is 0.524 e. The highest BCUT2D eigenvalue weighted by atomic mass is 31.2. The normalized spacial score (nSPS) is 13.6. The van der Waals surface area contributed by atoms with Crippen LogP contribution in [0, 0.1) is 0 Å². The Hall–Kier alpha value is -4.85. The molecule has 5 rings (SSSR count). The van der Waals surface area contributed by atoms with E-state index in [4.69, 9.17) is 20.1 Å². The highest BCUT2D eigenvalue weighted by Crippen LogP contribution is 2.44. The van der Waals surface area contributed by atoms with E-state index in [1.807, 2.05) is 23.6 Å². The molecule has 0 aliphatic carbocycles. The van der Waals surface area contributed by atoms with Gasteiger partial charge in [0.25, 0.3) is 11.8 Å². The van der Waals surface area contributed by atoms with Crippen molar-refractivity contribution in [2.24, 2.45) is 0 Å². The summed E-state index contributed by atoms with van der Waals surface area (Å²) in [6, 6.07) is 9.84. The molecule has 0 spiro atoms. The third-order valence-corrected chi connectivity index (χ3v) is 8.13. The molecule has 1 fully saturated rings. The van der Waals surface area contributed by atoms with E-state index in [1.165, 1.54) is 12.1 Å². The average molecular weight is 668 g/mol. The summed E-state index contributed by atoms with van der Waals surface area (Å²) in [4.78, 5) is 81.1. The first kappa shape index (κ1) is 33.5. The zero-order valence-electron chi connectivity index (χ0n) is 25.5. The van der Waals surface area contributed by atoms with E-state index in [0.29, 0.717) is 51.2 Å². The van der Waals surface area contributed by atoms with Crippen LogP contribution in [-0.2, 0) is 48.0 Å². The first-order valence-corrected chi connectivity index (χ1v) is 16.6. The van der Waals surface area contributed by atoms with Gasteiger partial charge in [-0.1, -0.05) is 31.5 Å². The zero-order chi connectivity index (χ0) is 33.9. The van der Waals surface area contributed by atoms with Gasteiger partial charge < -0.3 is 24.8 Å². The quantitative estimate of drug-likeness (QED) is 0.111. The van der Waals surface area contributed by atoms with Crippen molar-refractivity contribution in [3.05, 3.63) is 53.3 Å². The van der Waals surface area contributed by atoms with Crippen molar-refractivity contribution >= 4 is 59.1 Å². The molecule has 1 saturated heterocycles. The molecule has 2 aromatic heterocycles. The molecule has 0 saturated carbocycles. The summed E-state index contributed by atoms with van der Waals surface area (Å²) in [6.45, 7) is 2.07. The highest BCUT2D eigenvalue weighted by molar-refractivity contribution is 7.46. The van der Waals surface area contributed by atoms with Gasteiger partial charge in [0.1, 0.15) is 17.1 Å². The number of rotatable bonds is 14. The number of hydrogen-bond donors (Lipinski definition) is 4. The van der Waals surface area contributed by atoms with Crippen LogP contribution in [0.25, 0.3) is 21.9 Å². The van der Waals surface area contributed by atoms with Crippen LogP contribution in [0.4, 0.5) is 5.82 Å². The van der Waals surface area contributed by atoms with E-state index >= 15 is 0 Å². The monoisotopic (exact) mass is 667 g/mol. The smallest absolute Gasteiger partial charge is 0.504 e. The SMILES string of the molecule is CCCCc1nc2c(N)nc3ccc(CCC(=O)CCC(=O)ON4C(=O)CCC4=O)cc3c2n1Cc1cccc(O)c1OP(=O)(O)O. The molecule has 5 N–H and O–H groups in total. The number of benzene rings is 2. The number of imidazole rings is 1. The van der Waals surface area contributed by atoms with Gasteiger partial charge in [-0.3, -0.25) is 24.2 Å². The Kier molecular flexibility index (Phi) is 9.89. The molecule has 0 radical (unpaired) electrons. The van der Waals surface area contributed by atoms with Crippen LogP contribution in [0.2, 0.25) is 0 Å². The molecule has 4 aromatic rings. The third-order valence-electron chi connectivity index (χ3n) is 7.71. The number of para-hydroxylation sites is 1. The Labute approximate surface area is 268 Å². The van der Waals surface area contributed by atoms with Crippen LogP contribution >= 0.6 is 7.82 Å². The number of aromatic hydroxyl groups is 1. The van der Waals surface area contributed by atoms with Crippen LogP contribution in [0.5, 0.6) is 11.5 Å². The maximum atomic E-state index is 12.6. The zero-order valence-corrected chi connectivity index (χ0v) is 26.4. The largest absolute Gasteiger partial charge is 0.524 e. The second-order valence-electron chi connectivity index (χ2n) is 11.2. The number of nitrogen functional groups attached to an aromatic ring is 1. The van der Waals surface area contributed by atoms with Crippen molar-refractivity contribution in [1.29, 1.82) is 0 Å². The second kappa shape index (κ2) is 13.9. The fraction of sp³-hybridized carbons (Fsp3) is 0.355. The topological polar surface area (TPSA) is 224 Å². The number of ketones is 1. The number of anilines is 1. The molecule has 1 aliphatic heterocycles. The Bertz CT molecular complexity index is 1920. The number of phenols is 1. The van der Waals surface area contributed by atoms with Crippen molar-refractivity contribution in [2.75, 3.05) is 5.73 Å². The van der Waals surface area contributed by atoms with E-state index in [0.717, 1.165) is 18.4 Å². The number of phosphoric acid groups is 1. The fourth-order valence-corrected chi connectivity index (χ4v) is 5.85. The Morgan fingerprint density at radius 3 is 2.47 bits per heavy atom. The first-order valence-electron chi connectivity index (χ1n) is 15.1.